The van der Waals surface area contributed by atoms with Crippen molar-refractivity contribution in [2.75, 3.05) is 5.32 Å². The SMILES string of the molecule is N#Cc1ccc(Nc2n[nH]c(=S)s2)c(Br)c1. The fourth-order valence-electron chi connectivity index (χ4n) is 1.08. The predicted octanol–water partition coefficient (Wildman–Crippen LogP) is 3.58. The first-order valence-electron chi connectivity index (χ1n) is 4.21. The molecule has 0 saturated carbocycles. The number of nitriles is 1. The number of nitrogens with zero attached hydrogens (tertiary/aromatic N) is 2. The Bertz CT molecular complexity index is 610. The summed E-state index contributed by atoms with van der Waals surface area (Å²) < 4.78 is 1.43. The molecular weight excluding hydrogens is 308 g/mol. The van der Waals surface area contributed by atoms with Crippen LogP contribution in [0.25, 0.3) is 0 Å². The Morgan fingerprint density at radius 3 is 2.94 bits per heavy atom. The van der Waals surface area contributed by atoms with Gasteiger partial charge in [0.25, 0.3) is 0 Å². The van der Waals surface area contributed by atoms with E-state index in [9.17, 15) is 0 Å². The van der Waals surface area contributed by atoms with Crippen LogP contribution in [0.15, 0.2) is 22.7 Å². The molecule has 0 aliphatic heterocycles. The lowest BCUT2D eigenvalue weighted by molar-refractivity contribution is 1.08. The van der Waals surface area contributed by atoms with E-state index in [0.29, 0.717) is 14.6 Å². The average Bonchev–Trinajstić information content (AvgIpc) is 2.67. The number of benzene rings is 1. The normalized spacial score (nSPS) is 9.75. The standard InChI is InChI=1S/C9H5BrN4S2/c10-6-3-5(4-11)1-2-7(6)12-8-13-14-9(15)16-8/h1-3H,(H,12,13)(H,14,15). The molecule has 0 fully saturated rings. The Balaban J connectivity index is 2.29. The molecule has 16 heavy (non-hydrogen) atoms. The highest BCUT2D eigenvalue weighted by Crippen LogP contribution is 2.27. The third-order valence-electron chi connectivity index (χ3n) is 1.78. The van der Waals surface area contributed by atoms with Crippen LogP contribution in [0, 0.1) is 15.3 Å². The maximum absolute atomic E-state index is 8.73. The molecule has 0 aliphatic rings. The Morgan fingerprint density at radius 1 is 1.56 bits per heavy atom. The monoisotopic (exact) mass is 312 g/mol. The number of hydrogen-bond donors (Lipinski definition) is 2. The van der Waals surface area contributed by atoms with Crippen molar-refractivity contribution < 1.29 is 0 Å². The van der Waals surface area contributed by atoms with Crippen molar-refractivity contribution in [1.29, 1.82) is 5.26 Å². The molecule has 7 heteroatoms. The van der Waals surface area contributed by atoms with Gasteiger partial charge >= 0.3 is 0 Å². The zero-order valence-corrected chi connectivity index (χ0v) is 11.0. The number of rotatable bonds is 2. The van der Waals surface area contributed by atoms with E-state index in [-0.39, 0.29) is 0 Å². The minimum absolute atomic E-state index is 0.604. The van der Waals surface area contributed by atoms with Crippen molar-refractivity contribution in [2.24, 2.45) is 0 Å². The minimum atomic E-state index is 0.604. The minimum Gasteiger partial charge on any atom is -0.329 e. The molecule has 4 nitrogen and oxygen atoms in total. The summed E-state index contributed by atoms with van der Waals surface area (Å²) in [7, 11) is 0. The zero-order valence-electron chi connectivity index (χ0n) is 7.82. The second-order valence-electron chi connectivity index (χ2n) is 2.85. The molecule has 0 aliphatic carbocycles. The van der Waals surface area contributed by atoms with Gasteiger partial charge in [0.1, 0.15) is 0 Å². The van der Waals surface area contributed by atoms with Gasteiger partial charge in [0.2, 0.25) is 5.13 Å². The molecule has 0 amide bonds. The van der Waals surface area contributed by atoms with Crippen LogP contribution < -0.4 is 5.32 Å². The highest BCUT2D eigenvalue weighted by atomic mass is 79.9. The maximum atomic E-state index is 8.73. The van der Waals surface area contributed by atoms with Crippen LogP contribution in [0.2, 0.25) is 0 Å². The van der Waals surface area contributed by atoms with Gasteiger partial charge in [-0.1, -0.05) is 11.3 Å². The van der Waals surface area contributed by atoms with E-state index in [4.69, 9.17) is 17.5 Å². The Labute approximate surface area is 109 Å². The molecule has 0 radical (unpaired) electrons. The average molecular weight is 313 g/mol. The molecule has 0 bridgehead atoms. The van der Waals surface area contributed by atoms with E-state index in [0.717, 1.165) is 10.2 Å². The first kappa shape index (κ1) is 11.3. The molecule has 0 atom stereocenters. The summed E-state index contributed by atoms with van der Waals surface area (Å²) in [6, 6.07) is 7.36. The molecule has 1 heterocycles. The zero-order chi connectivity index (χ0) is 11.5. The van der Waals surface area contributed by atoms with Crippen LogP contribution in [0.4, 0.5) is 10.8 Å². The van der Waals surface area contributed by atoms with Crippen LogP contribution >= 0.6 is 39.5 Å². The van der Waals surface area contributed by atoms with Crippen LogP contribution in [-0.2, 0) is 0 Å². The van der Waals surface area contributed by atoms with E-state index < -0.39 is 0 Å². The lowest BCUT2D eigenvalue weighted by Gasteiger charge is -2.04. The van der Waals surface area contributed by atoms with E-state index in [1.54, 1.807) is 12.1 Å². The van der Waals surface area contributed by atoms with Crippen LogP contribution in [0.1, 0.15) is 5.56 Å². The summed E-state index contributed by atoms with van der Waals surface area (Å²) in [6.45, 7) is 0. The summed E-state index contributed by atoms with van der Waals surface area (Å²) >= 11 is 9.66. The van der Waals surface area contributed by atoms with Gasteiger partial charge in [0, 0.05) is 4.47 Å². The van der Waals surface area contributed by atoms with Crippen LogP contribution in [-0.4, -0.2) is 10.2 Å². The van der Waals surface area contributed by atoms with Gasteiger partial charge in [-0.25, -0.2) is 0 Å². The van der Waals surface area contributed by atoms with Crippen molar-refractivity contribution in [3.05, 3.63) is 32.2 Å². The third-order valence-corrected chi connectivity index (χ3v) is 3.44. The van der Waals surface area contributed by atoms with Gasteiger partial charge in [-0.3, -0.25) is 5.10 Å². The molecule has 2 aromatic rings. The van der Waals surface area contributed by atoms with E-state index in [1.807, 2.05) is 6.07 Å². The highest BCUT2D eigenvalue weighted by molar-refractivity contribution is 9.10. The number of halogens is 1. The van der Waals surface area contributed by atoms with E-state index >= 15 is 0 Å². The summed E-state index contributed by atoms with van der Waals surface area (Å²) in [5.74, 6) is 0. The van der Waals surface area contributed by atoms with Crippen molar-refractivity contribution in [3.8, 4) is 6.07 Å². The third kappa shape index (κ3) is 2.47. The van der Waals surface area contributed by atoms with Gasteiger partial charge in [0.15, 0.2) is 3.95 Å². The van der Waals surface area contributed by atoms with Gasteiger partial charge < -0.3 is 5.32 Å². The van der Waals surface area contributed by atoms with Gasteiger partial charge in [-0.15, -0.1) is 5.10 Å². The highest BCUT2D eigenvalue weighted by Gasteiger charge is 2.03. The summed E-state index contributed by atoms with van der Waals surface area (Å²) in [6.07, 6.45) is 0. The molecule has 0 saturated heterocycles. The fraction of sp³-hybridized carbons (Fsp3) is 0. The first-order chi connectivity index (χ1) is 7.69. The van der Waals surface area contributed by atoms with Crippen molar-refractivity contribution in [1.82, 2.24) is 10.2 Å². The topological polar surface area (TPSA) is 64.5 Å². The second kappa shape index (κ2) is 4.74. The second-order valence-corrected chi connectivity index (χ2v) is 5.37. The van der Waals surface area contributed by atoms with E-state index in [2.05, 4.69) is 37.5 Å². The molecule has 2 rings (SSSR count). The maximum Gasteiger partial charge on any atom is 0.208 e. The Morgan fingerprint density at radius 2 is 2.38 bits per heavy atom. The molecule has 2 N–H and O–H groups in total. The van der Waals surface area contributed by atoms with Crippen LogP contribution in [0.3, 0.4) is 0 Å². The number of anilines is 2. The van der Waals surface area contributed by atoms with Gasteiger partial charge in [-0.2, -0.15) is 5.26 Å². The van der Waals surface area contributed by atoms with E-state index in [1.165, 1.54) is 11.3 Å². The molecule has 80 valence electrons. The lowest BCUT2D eigenvalue weighted by atomic mass is 10.2. The summed E-state index contributed by atoms with van der Waals surface area (Å²) in [4.78, 5) is 0. The quantitative estimate of drug-likeness (QED) is 0.832. The summed E-state index contributed by atoms with van der Waals surface area (Å²) in [5, 5.41) is 19.2. The van der Waals surface area contributed by atoms with Crippen molar-refractivity contribution in [3.63, 3.8) is 0 Å². The Kier molecular flexibility index (Phi) is 3.33. The van der Waals surface area contributed by atoms with Crippen molar-refractivity contribution in [2.45, 2.75) is 0 Å². The molecule has 0 spiro atoms. The molecule has 1 aromatic heterocycles. The predicted molar refractivity (Wildman–Crippen MR) is 69.4 cm³/mol. The Hall–Kier alpha value is -1.23. The van der Waals surface area contributed by atoms with Gasteiger partial charge in [0.05, 0.1) is 17.3 Å². The molecular formula is C9H5BrN4S2. The fourth-order valence-corrected chi connectivity index (χ4v) is 2.36. The largest absolute Gasteiger partial charge is 0.329 e. The number of aromatic nitrogens is 2. The van der Waals surface area contributed by atoms with Crippen molar-refractivity contribution >= 4 is 50.3 Å². The number of aromatic amines is 1. The summed E-state index contributed by atoms with van der Waals surface area (Å²) in [5.41, 5.74) is 1.45. The number of hydrogen-bond acceptors (Lipinski definition) is 5. The molecule has 0 unspecified atom stereocenters. The number of H-pyrrole nitrogens is 1. The van der Waals surface area contributed by atoms with Gasteiger partial charge in [-0.05, 0) is 46.3 Å². The number of nitrogens with one attached hydrogen (secondary N) is 2. The molecule has 1 aromatic carbocycles. The smallest absolute Gasteiger partial charge is 0.208 e. The van der Waals surface area contributed by atoms with Crippen LogP contribution in [0.5, 0.6) is 0 Å². The lowest BCUT2D eigenvalue weighted by Crippen LogP contribution is -1.91. The first-order valence-corrected chi connectivity index (χ1v) is 6.23.